The molecule has 3 unspecified atom stereocenters. The Morgan fingerprint density at radius 2 is 1.53 bits per heavy atom. The SMILES string of the molecule is COC(=O)C(C(C)NC(=O)N1CC=CNC1=O)C(c1ccc([N+](=O)[O-])cc1)N1CCC(c2ccccc2)(c2ccccc2)CC1. The maximum absolute atomic E-state index is 13.6. The van der Waals surface area contributed by atoms with Crippen LogP contribution in [-0.2, 0) is 14.9 Å². The lowest BCUT2D eigenvalue weighted by Crippen LogP contribution is -2.56. The number of likely N-dealkylation sites (tertiary alicyclic amines) is 1. The fourth-order valence-electron chi connectivity index (χ4n) is 6.61. The van der Waals surface area contributed by atoms with Crippen LogP contribution in [0, 0.1) is 16.0 Å². The molecule has 2 aliphatic heterocycles. The van der Waals surface area contributed by atoms with Crippen LogP contribution in [0.2, 0.25) is 0 Å². The number of carbonyl (C=O) groups is 3. The van der Waals surface area contributed by atoms with E-state index in [0.29, 0.717) is 18.7 Å². The third-order valence-corrected chi connectivity index (χ3v) is 8.95. The molecule has 3 atom stereocenters. The molecule has 1 fully saturated rings. The zero-order valence-corrected chi connectivity index (χ0v) is 25.3. The van der Waals surface area contributed by atoms with E-state index < -0.39 is 41.0 Å². The van der Waals surface area contributed by atoms with Gasteiger partial charge in [-0.2, -0.15) is 0 Å². The Hall–Kier alpha value is -5.03. The zero-order chi connectivity index (χ0) is 32.0. The summed E-state index contributed by atoms with van der Waals surface area (Å²) in [4.78, 5) is 53.2. The highest BCUT2D eigenvalue weighted by molar-refractivity contribution is 5.95. The maximum Gasteiger partial charge on any atom is 0.329 e. The molecule has 0 radical (unpaired) electrons. The molecule has 1 saturated heterocycles. The summed E-state index contributed by atoms with van der Waals surface area (Å²) < 4.78 is 5.29. The number of hydrogen-bond donors (Lipinski definition) is 2. The van der Waals surface area contributed by atoms with E-state index in [1.165, 1.54) is 36.6 Å². The van der Waals surface area contributed by atoms with Crippen LogP contribution in [0.3, 0.4) is 0 Å². The van der Waals surface area contributed by atoms with Crippen LogP contribution in [-0.4, -0.2) is 65.5 Å². The number of ether oxygens (including phenoxy) is 1. The summed E-state index contributed by atoms with van der Waals surface area (Å²) in [5.41, 5.74) is 2.78. The van der Waals surface area contributed by atoms with Crippen molar-refractivity contribution in [3.63, 3.8) is 0 Å². The fraction of sp³-hybridized carbons (Fsp3) is 0.324. The number of nitrogens with zero attached hydrogens (tertiary/aromatic N) is 3. The van der Waals surface area contributed by atoms with E-state index in [9.17, 15) is 24.5 Å². The molecule has 11 nitrogen and oxygen atoms in total. The Labute approximate surface area is 262 Å². The molecule has 2 N–H and O–H groups in total. The smallest absolute Gasteiger partial charge is 0.329 e. The van der Waals surface area contributed by atoms with Crippen LogP contribution in [0.5, 0.6) is 0 Å². The van der Waals surface area contributed by atoms with Gasteiger partial charge in [0, 0.05) is 29.8 Å². The summed E-state index contributed by atoms with van der Waals surface area (Å²) in [5.74, 6) is -1.44. The van der Waals surface area contributed by atoms with Crippen LogP contribution in [0.25, 0.3) is 0 Å². The van der Waals surface area contributed by atoms with Crippen molar-refractivity contribution in [2.75, 3.05) is 26.7 Å². The normalized spacial score (nSPS) is 18.3. The molecule has 5 rings (SSSR count). The highest BCUT2D eigenvalue weighted by Gasteiger charge is 2.45. The minimum atomic E-state index is -0.898. The minimum absolute atomic E-state index is 0.0662. The molecule has 0 bridgehead atoms. The number of imide groups is 1. The van der Waals surface area contributed by atoms with Crippen LogP contribution >= 0.6 is 0 Å². The summed E-state index contributed by atoms with van der Waals surface area (Å²) in [6, 6.07) is 24.4. The molecule has 0 aromatic heterocycles. The van der Waals surface area contributed by atoms with Gasteiger partial charge in [0.05, 0.1) is 30.5 Å². The first-order valence-electron chi connectivity index (χ1n) is 15.0. The van der Waals surface area contributed by atoms with Crippen molar-refractivity contribution in [2.45, 2.75) is 37.3 Å². The summed E-state index contributed by atoms with van der Waals surface area (Å²) in [6.45, 7) is 2.99. The summed E-state index contributed by atoms with van der Waals surface area (Å²) in [6.07, 6.45) is 4.61. The molecular formula is C34H37N5O6. The molecule has 234 valence electrons. The van der Waals surface area contributed by atoms with Crippen LogP contribution in [0.4, 0.5) is 15.3 Å². The molecule has 45 heavy (non-hydrogen) atoms. The Morgan fingerprint density at radius 1 is 0.956 bits per heavy atom. The van der Waals surface area contributed by atoms with Crippen LogP contribution < -0.4 is 10.6 Å². The number of piperidine rings is 1. The Bertz CT molecular complexity index is 1500. The number of nitro benzene ring substituents is 1. The van der Waals surface area contributed by atoms with Crippen LogP contribution in [0.15, 0.2) is 97.2 Å². The van der Waals surface area contributed by atoms with Crippen LogP contribution in [0.1, 0.15) is 42.5 Å². The largest absolute Gasteiger partial charge is 0.469 e. The van der Waals surface area contributed by atoms with E-state index in [2.05, 4.69) is 39.8 Å². The molecule has 2 heterocycles. The van der Waals surface area contributed by atoms with Gasteiger partial charge in [0.25, 0.3) is 5.69 Å². The van der Waals surface area contributed by atoms with Gasteiger partial charge in [0.1, 0.15) is 0 Å². The first-order valence-corrected chi connectivity index (χ1v) is 15.0. The van der Waals surface area contributed by atoms with Gasteiger partial charge in [0.15, 0.2) is 0 Å². The highest BCUT2D eigenvalue weighted by Crippen LogP contribution is 2.45. The quantitative estimate of drug-likeness (QED) is 0.194. The second kappa shape index (κ2) is 13.7. The number of methoxy groups -OCH3 is 1. The molecular weight excluding hydrogens is 574 g/mol. The number of esters is 1. The average molecular weight is 612 g/mol. The molecule has 0 aliphatic carbocycles. The third-order valence-electron chi connectivity index (χ3n) is 8.95. The van der Waals surface area contributed by atoms with E-state index in [-0.39, 0.29) is 17.6 Å². The predicted octanol–water partition coefficient (Wildman–Crippen LogP) is 5.14. The lowest BCUT2D eigenvalue weighted by Gasteiger charge is -2.47. The minimum Gasteiger partial charge on any atom is -0.469 e. The number of urea groups is 2. The molecule has 3 aromatic rings. The molecule has 4 amide bonds. The molecule has 2 aliphatic rings. The van der Waals surface area contributed by atoms with E-state index >= 15 is 0 Å². The van der Waals surface area contributed by atoms with Gasteiger partial charge in [-0.1, -0.05) is 72.8 Å². The average Bonchev–Trinajstić information content (AvgIpc) is 3.08. The molecule has 0 spiro atoms. The monoisotopic (exact) mass is 611 g/mol. The second-order valence-corrected chi connectivity index (χ2v) is 11.4. The van der Waals surface area contributed by atoms with Crippen molar-refractivity contribution in [1.82, 2.24) is 20.4 Å². The Morgan fingerprint density at radius 3 is 2.04 bits per heavy atom. The van der Waals surface area contributed by atoms with Crippen molar-refractivity contribution < 1.29 is 24.0 Å². The number of benzene rings is 3. The second-order valence-electron chi connectivity index (χ2n) is 11.4. The van der Waals surface area contributed by atoms with Gasteiger partial charge in [0.2, 0.25) is 0 Å². The van der Waals surface area contributed by atoms with Crippen molar-refractivity contribution in [2.24, 2.45) is 5.92 Å². The van der Waals surface area contributed by atoms with Gasteiger partial charge < -0.3 is 15.4 Å². The number of hydrogen-bond acceptors (Lipinski definition) is 7. The number of amides is 4. The number of carbonyl (C=O) groups excluding carboxylic acids is 3. The highest BCUT2D eigenvalue weighted by atomic mass is 16.6. The van der Waals surface area contributed by atoms with E-state index in [1.54, 1.807) is 25.1 Å². The fourth-order valence-corrected chi connectivity index (χ4v) is 6.61. The van der Waals surface area contributed by atoms with Crippen molar-refractivity contribution in [1.29, 1.82) is 0 Å². The van der Waals surface area contributed by atoms with Gasteiger partial charge in [-0.3, -0.25) is 19.8 Å². The first kappa shape index (κ1) is 31.4. The number of non-ortho nitro benzene ring substituents is 1. The third kappa shape index (κ3) is 6.58. The van der Waals surface area contributed by atoms with Gasteiger partial charge in [-0.25, -0.2) is 14.5 Å². The molecule has 11 heteroatoms. The standard InChI is InChI=1S/C34H37N5O6/c1-24(36-33(42)38-21-9-20-35-32(38)41)29(31(40)45-2)30(25-14-16-28(17-15-25)39(43)44)37-22-18-34(19-23-37,26-10-5-3-6-11-26)27-12-7-4-8-13-27/h3-17,20,24,29-30H,18-19,21-23H2,1-2H3,(H,35,41)(H,36,42). The number of nitro groups is 1. The molecule has 0 saturated carbocycles. The maximum atomic E-state index is 13.6. The summed E-state index contributed by atoms with van der Waals surface area (Å²) in [5, 5.41) is 16.8. The summed E-state index contributed by atoms with van der Waals surface area (Å²) >= 11 is 0. The zero-order valence-electron chi connectivity index (χ0n) is 25.3. The van der Waals surface area contributed by atoms with E-state index in [1.807, 2.05) is 36.4 Å². The van der Waals surface area contributed by atoms with Crippen molar-refractivity contribution in [3.8, 4) is 0 Å². The number of nitrogens with one attached hydrogen (secondary N) is 2. The van der Waals surface area contributed by atoms with E-state index in [0.717, 1.165) is 17.7 Å². The first-order chi connectivity index (χ1) is 21.7. The topological polar surface area (TPSA) is 134 Å². The van der Waals surface area contributed by atoms with E-state index in [4.69, 9.17) is 4.74 Å². The van der Waals surface area contributed by atoms with Crippen molar-refractivity contribution in [3.05, 3.63) is 124 Å². The Balaban J connectivity index is 1.50. The van der Waals surface area contributed by atoms with Crippen molar-refractivity contribution >= 4 is 23.7 Å². The lowest BCUT2D eigenvalue weighted by molar-refractivity contribution is -0.384. The predicted molar refractivity (Wildman–Crippen MR) is 168 cm³/mol. The van der Waals surface area contributed by atoms with Gasteiger partial charge in [-0.05, 0) is 55.6 Å². The molecule has 3 aromatic carbocycles. The summed E-state index contributed by atoms with van der Waals surface area (Å²) in [7, 11) is 1.30. The number of rotatable bonds is 9. The lowest BCUT2D eigenvalue weighted by atomic mass is 9.67. The van der Waals surface area contributed by atoms with Gasteiger partial charge >= 0.3 is 18.0 Å². The van der Waals surface area contributed by atoms with Gasteiger partial charge in [-0.15, -0.1) is 0 Å². The Kier molecular flexibility index (Phi) is 9.58.